The van der Waals surface area contributed by atoms with Crippen molar-refractivity contribution in [3.05, 3.63) is 23.8 Å². The lowest BCUT2D eigenvalue weighted by molar-refractivity contribution is 0.369. The lowest BCUT2D eigenvalue weighted by Gasteiger charge is -2.13. The fraction of sp³-hybridized carbons (Fsp3) is 0.500. The van der Waals surface area contributed by atoms with E-state index >= 15 is 0 Å². The molecule has 4 heteroatoms. The molecule has 1 unspecified atom stereocenters. The maximum Gasteiger partial charge on any atom is 0.162 e. The highest BCUT2D eigenvalue weighted by molar-refractivity contribution is 7.99. The van der Waals surface area contributed by atoms with E-state index in [2.05, 4.69) is 5.32 Å². The molecule has 0 aromatic heterocycles. The standard InChI is InChI=1S/C12H17NO2S/c1-15-11-4-2-3-9(12(11)14)7-13-10-5-6-16-8-10/h2-4,10,13-14H,5-8H2,1H3. The van der Waals surface area contributed by atoms with Crippen LogP contribution < -0.4 is 10.1 Å². The van der Waals surface area contributed by atoms with E-state index in [1.54, 1.807) is 13.2 Å². The van der Waals surface area contributed by atoms with Gasteiger partial charge in [-0.15, -0.1) is 0 Å². The molecule has 1 saturated heterocycles. The van der Waals surface area contributed by atoms with Crippen molar-refractivity contribution in [3.8, 4) is 11.5 Å². The number of methoxy groups -OCH3 is 1. The van der Waals surface area contributed by atoms with Gasteiger partial charge in [0, 0.05) is 23.9 Å². The summed E-state index contributed by atoms with van der Waals surface area (Å²) in [5, 5.41) is 13.3. The first-order valence-corrected chi connectivity index (χ1v) is 6.62. The molecule has 0 bridgehead atoms. The SMILES string of the molecule is COc1cccc(CNC2CCSC2)c1O. The molecule has 1 aliphatic heterocycles. The Morgan fingerprint density at radius 2 is 2.44 bits per heavy atom. The van der Waals surface area contributed by atoms with E-state index < -0.39 is 0 Å². The van der Waals surface area contributed by atoms with Crippen molar-refractivity contribution in [1.82, 2.24) is 5.32 Å². The average Bonchev–Trinajstić information content (AvgIpc) is 2.81. The molecular weight excluding hydrogens is 222 g/mol. The zero-order valence-corrected chi connectivity index (χ0v) is 10.2. The number of rotatable bonds is 4. The van der Waals surface area contributed by atoms with Crippen LogP contribution in [-0.4, -0.2) is 29.8 Å². The second kappa shape index (κ2) is 5.46. The Hall–Kier alpha value is -0.870. The Balaban J connectivity index is 1.97. The summed E-state index contributed by atoms with van der Waals surface area (Å²) in [5.41, 5.74) is 0.899. The van der Waals surface area contributed by atoms with Gasteiger partial charge in [0.15, 0.2) is 11.5 Å². The van der Waals surface area contributed by atoms with Gasteiger partial charge >= 0.3 is 0 Å². The van der Waals surface area contributed by atoms with Crippen molar-refractivity contribution in [2.45, 2.75) is 19.0 Å². The fourth-order valence-electron chi connectivity index (χ4n) is 1.82. The lowest BCUT2D eigenvalue weighted by Crippen LogP contribution is -2.27. The summed E-state index contributed by atoms with van der Waals surface area (Å²) in [6.45, 7) is 0.703. The third-order valence-electron chi connectivity index (χ3n) is 2.81. The molecule has 1 aliphatic rings. The molecular formula is C12H17NO2S. The van der Waals surface area contributed by atoms with Crippen molar-refractivity contribution in [3.63, 3.8) is 0 Å². The van der Waals surface area contributed by atoms with Crippen LogP contribution in [0.2, 0.25) is 0 Å². The number of benzene rings is 1. The van der Waals surface area contributed by atoms with Crippen LogP contribution in [0.25, 0.3) is 0 Å². The van der Waals surface area contributed by atoms with E-state index in [9.17, 15) is 5.11 Å². The van der Waals surface area contributed by atoms with Crippen LogP contribution in [0.5, 0.6) is 11.5 Å². The number of hydrogen-bond donors (Lipinski definition) is 2. The molecule has 2 rings (SSSR count). The van der Waals surface area contributed by atoms with Crippen molar-refractivity contribution >= 4 is 11.8 Å². The minimum Gasteiger partial charge on any atom is -0.504 e. The summed E-state index contributed by atoms with van der Waals surface area (Å²) in [5.74, 6) is 3.20. The maximum absolute atomic E-state index is 9.89. The van der Waals surface area contributed by atoms with Gasteiger partial charge in [0.2, 0.25) is 0 Å². The lowest BCUT2D eigenvalue weighted by atomic mass is 10.1. The molecule has 0 amide bonds. The molecule has 0 radical (unpaired) electrons. The molecule has 1 aromatic rings. The molecule has 1 atom stereocenters. The summed E-state index contributed by atoms with van der Waals surface area (Å²) >= 11 is 1.98. The van der Waals surface area contributed by atoms with E-state index in [1.165, 1.54) is 17.9 Å². The molecule has 0 saturated carbocycles. The molecule has 16 heavy (non-hydrogen) atoms. The van der Waals surface area contributed by atoms with Crippen LogP contribution in [0.4, 0.5) is 0 Å². The molecule has 0 aliphatic carbocycles. The topological polar surface area (TPSA) is 41.5 Å². The van der Waals surface area contributed by atoms with Crippen molar-refractivity contribution in [2.24, 2.45) is 0 Å². The zero-order valence-electron chi connectivity index (χ0n) is 9.40. The fourth-order valence-corrected chi connectivity index (χ4v) is 3.01. The smallest absolute Gasteiger partial charge is 0.162 e. The Kier molecular flexibility index (Phi) is 3.96. The van der Waals surface area contributed by atoms with E-state index in [-0.39, 0.29) is 5.75 Å². The summed E-state index contributed by atoms with van der Waals surface area (Å²) in [7, 11) is 1.57. The van der Waals surface area contributed by atoms with E-state index in [1.807, 2.05) is 23.9 Å². The van der Waals surface area contributed by atoms with E-state index in [0.717, 1.165) is 5.56 Å². The van der Waals surface area contributed by atoms with Gasteiger partial charge in [0.05, 0.1) is 7.11 Å². The van der Waals surface area contributed by atoms with Crippen molar-refractivity contribution in [2.75, 3.05) is 18.6 Å². The predicted molar refractivity (Wildman–Crippen MR) is 67.2 cm³/mol. The summed E-state index contributed by atoms with van der Waals surface area (Å²) in [4.78, 5) is 0. The normalized spacial score (nSPS) is 19.9. The average molecular weight is 239 g/mol. The van der Waals surface area contributed by atoms with Crippen LogP contribution in [0.1, 0.15) is 12.0 Å². The van der Waals surface area contributed by atoms with Gasteiger partial charge in [0.1, 0.15) is 0 Å². The summed E-state index contributed by atoms with van der Waals surface area (Å²) in [6, 6.07) is 6.17. The van der Waals surface area contributed by atoms with Gasteiger partial charge in [0.25, 0.3) is 0 Å². The molecule has 1 aromatic carbocycles. The van der Waals surface area contributed by atoms with Crippen LogP contribution in [0.3, 0.4) is 0 Å². The number of nitrogens with one attached hydrogen (secondary N) is 1. The number of thioether (sulfide) groups is 1. The monoisotopic (exact) mass is 239 g/mol. The van der Waals surface area contributed by atoms with E-state index in [4.69, 9.17) is 4.74 Å². The Morgan fingerprint density at radius 1 is 1.56 bits per heavy atom. The predicted octanol–water partition coefficient (Wildman–Crippen LogP) is 2.00. The van der Waals surface area contributed by atoms with Crippen LogP contribution in [0.15, 0.2) is 18.2 Å². The first kappa shape index (κ1) is 11.6. The molecule has 1 heterocycles. The number of phenols is 1. The number of para-hydroxylation sites is 1. The maximum atomic E-state index is 9.89. The molecule has 88 valence electrons. The van der Waals surface area contributed by atoms with Gasteiger partial charge in [-0.2, -0.15) is 11.8 Å². The van der Waals surface area contributed by atoms with Crippen LogP contribution in [0, 0.1) is 0 Å². The highest BCUT2D eigenvalue weighted by atomic mass is 32.2. The third-order valence-corrected chi connectivity index (χ3v) is 3.98. The number of ether oxygens (including phenoxy) is 1. The van der Waals surface area contributed by atoms with Crippen molar-refractivity contribution in [1.29, 1.82) is 0 Å². The number of phenolic OH excluding ortho intramolecular Hbond substituents is 1. The summed E-state index contributed by atoms with van der Waals surface area (Å²) < 4.78 is 5.08. The molecule has 3 nitrogen and oxygen atoms in total. The Morgan fingerprint density at radius 3 is 3.12 bits per heavy atom. The number of hydrogen-bond acceptors (Lipinski definition) is 4. The van der Waals surface area contributed by atoms with Gasteiger partial charge in [-0.1, -0.05) is 12.1 Å². The van der Waals surface area contributed by atoms with Gasteiger partial charge in [-0.3, -0.25) is 0 Å². The molecule has 1 fully saturated rings. The van der Waals surface area contributed by atoms with Crippen LogP contribution >= 0.6 is 11.8 Å². The summed E-state index contributed by atoms with van der Waals surface area (Å²) in [6.07, 6.45) is 1.22. The van der Waals surface area contributed by atoms with Gasteiger partial charge in [-0.05, 0) is 18.2 Å². The Bertz CT molecular complexity index is 351. The highest BCUT2D eigenvalue weighted by Gasteiger charge is 2.15. The van der Waals surface area contributed by atoms with Crippen LogP contribution in [-0.2, 0) is 6.54 Å². The first-order chi connectivity index (χ1) is 7.81. The van der Waals surface area contributed by atoms with Gasteiger partial charge < -0.3 is 15.2 Å². The largest absolute Gasteiger partial charge is 0.504 e. The zero-order chi connectivity index (χ0) is 11.4. The Labute approximate surface area is 100 Å². The second-order valence-electron chi connectivity index (χ2n) is 3.91. The quantitative estimate of drug-likeness (QED) is 0.843. The van der Waals surface area contributed by atoms with E-state index in [0.29, 0.717) is 18.3 Å². The van der Waals surface area contributed by atoms with Gasteiger partial charge in [-0.25, -0.2) is 0 Å². The third kappa shape index (κ3) is 2.62. The minimum atomic E-state index is 0.253. The second-order valence-corrected chi connectivity index (χ2v) is 5.06. The minimum absolute atomic E-state index is 0.253. The first-order valence-electron chi connectivity index (χ1n) is 5.47. The van der Waals surface area contributed by atoms with Crippen molar-refractivity contribution < 1.29 is 9.84 Å². The highest BCUT2D eigenvalue weighted by Crippen LogP contribution is 2.29. The molecule has 0 spiro atoms. The number of aromatic hydroxyl groups is 1. The molecule has 2 N–H and O–H groups in total.